The second-order valence-electron chi connectivity index (χ2n) is 4.21. The Labute approximate surface area is 97.0 Å². The molecule has 1 aromatic rings. The molecule has 1 aromatic carbocycles. The van der Waals surface area contributed by atoms with Crippen LogP contribution in [0.25, 0.3) is 0 Å². The molecule has 1 saturated carbocycles. The maximum Gasteiger partial charge on any atom is 0.419 e. The van der Waals surface area contributed by atoms with E-state index in [9.17, 15) is 18.3 Å². The number of para-hydroxylation sites is 1. The fourth-order valence-electron chi connectivity index (χ4n) is 1.62. The molecular weight excluding hydrogens is 233 g/mol. The van der Waals surface area contributed by atoms with Gasteiger partial charge in [-0.15, -0.1) is 0 Å². The number of hydrogen-bond donors (Lipinski definition) is 1. The summed E-state index contributed by atoms with van der Waals surface area (Å²) >= 11 is 0. The normalized spacial score (nSPS) is 17.9. The monoisotopic (exact) mass is 246 g/mol. The van der Waals surface area contributed by atoms with Crippen LogP contribution in [0.4, 0.5) is 13.2 Å². The summed E-state index contributed by atoms with van der Waals surface area (Å²) in [5.74, 6) is -0.0345. The standard InChI is InChI=1S/C12H13F3O2/c13-12(14,15)9-3-1-2-4-11(9)17-7-10(16)8-5-6-8/h1-4,8,10,16H,5-7H2. The number of rotatable bonds is 4. The Balaban J connectivity index is 2.04. The second kappa shape index (κ2) is 4.56. The summed E-state index contributed by atoms with van der Waals surface area (Å²) in [4.78, 5) is 0. The van der Waals surface area contributed by atoms with Gasteiger partial charge in [-0.05, 0) is 30.9 Å². The zero-order valence-electron chi connectivity index (χ0n) is 9.07. The first-order valence-electron chi connectivity index (χ1n) is 5.45. The number of aliphatic hydroxyl groups excluding tert-OH is 1. The van der Waals surface area contributed by atoms with Crippen LogP contribution in [0.2, 0.25) is 0 Å². The molecule has 2 rings (SSSR count). The Morgan fingerprint density at radius 3 is 2.53 bits per heavy atom. The molecule has 0 heterocycles. The van der Waals surface area contributed by atoms with Gasteiger partial charge in [-0.25, -0.2) is 0 Å². The molecule has 94 valence electrons. The van der Waals surface area contributed by atoms with Crippen LogP contribution in [0.3, 0.4) is 0 Å². The molecule has 0 aliphatic heterocycles. The van der Waals surface area contributed by atoms with Crippen molar-refractivity contribution >= 4 is 0 Å². The third-order valence-electron chi connectivity index (χ3n) is 2.77. The summed E-state index contributed by atoms with van der Waals surface area (Å²) in [7, 11) is 0. The van der Waals surface area contributed by atoms with Gasteiger partial charge in [0.2, 0.25) is 0 Å². The van der Waals surface area contributed by atoms with Crippen molar-refractivity contribution in [3.8, 4) is 5.75 Å². The van der Waals surface area contributed by atoms with Crippen LogP contribution >= 0.6 is 0 Å². The van der Waals surface area contributed by atoms with E-state index in [1.54, 1.807) is 0 Å². The highest BCUT2D eigenvalue weighted by Gasteiger charge is 2.35. The number of ether oxygens (including phenoxy) is 1. The van der Waals surface area contributed by atoms with Gasteiger partial charge in [0, 0.05) is 0 Å². The molecule has 0 amide bonds. The van der Waals surface area contributed by atoms with E-state index in [0.717, 1.165) is 18.9 Å². The highest BCUT2D eigenvalue weighted by atomic mass is 19.4. The fourth-order valence-corrected chi connectivity index (χ4v) is 1.62. The van der Waals surface area contributed by atoms with E-state index >= 15 is 0 Å². The lowest BCUT2D eigenvalue weighted by Gasteiger charge is -2.15. The molecule has 0 bridgehead atoms. The lowest BCUT2D eigenvalue weighted by atomic mass is 10.2. The van der Waals surface area contributed by atoms with Crippen LogP contribution in [-0.4, -0.2) is 17.8 Å². The number of hydrogen-bond acceptors (Lipinski definition) is 2. The lowest BCUT2D eigenvalue weighted by molar-refractivity contribution is -0.139. The molecule has 0 radical (unpaired) electrons. The molecular formula is C12H13F3O2. The minimum Gasteiger partial charge on any atom is -0.490 e. The molecule has 1 N–H and O–H groups in total. The van der Waals surface area contributed by atoms with Crippen molar-refractivity contribution in [2.75, 3.05) is 6.61 Å². The summed E-state index contributed by atoms with van der Waals surface area (Å²) in [5.41, 5.74) is -0.803. The summed E-state index contributed by atoms with van der Waals surface area (Å²) in [6.45, 7) is -0.0856. The van der Waals surface area contributed by atoms with E-state index in [1.165, 1.54) is 18.2 Å². The molecule has 1 atom stereocenters. The van der Waals surface area contributed by atoms with Crippen LogP contribution in [0, 0.1) is 5.92 Å². The minimum atomic E-state index is -4.43. The summed E-state index contributed by atoms with van der Waals surface area (Å²) < 4.78 is 42.9. The van der Waals surface area contributed by atoms with Gasteiger partial charge in [-0.2, -0.15) is 13.2 Å². The van der Waals surface area contributed by atoms with E-state index < -0.39 is 17.8 Å². The van der Waals surface area contributed by atoms with E-state index in [4.69, 9.17) is 4.74 Å². The molecule has 5 heteroatoms. The van der Waals surface area contributed by atoms with Gasteiger partial charge in [0.1, 0.15) is 12.4 Å². The van der Waals surface area contributed by atoms with Crippen molar-refractivity contribution in [2.24, 2.45) is 5.92 Å². The summed E-state index contributed by atoms with van der Waals surface area (Å²) in [5, 5.41) is 9.54. The smallest absolute Gasteiger partial charge is 0.419 e. The molecule has 1 aliphatic rings. The maximum absolute atomic E-state index is 12.6. The third kappa shape index (κ3) is 3.12. The second-order valence-corrected chi connectivity index (χ2v) is 4.21. The number of halogens is 3. The molecule has 17 heavy (non-hydrogen) atoms. The van der Waals surface area contributed by atoms with Gasteiger partial charge in [-0.3, -0.25) is 0 Å². The topological polar surface area (TPSA) is 29.5 Å². The molecule has 2 nitrogen and oxygen atoms in total. The Morgan fingerprint density at radius 2 is 1.94 bits per heavy atom. The first kappa shape index (κ1) is 12.2. The van der Waals surface area contributed by atoms with Gasteiger partial charge >= 0.3 is 6.18 Å². The third-order valence-corrected chi connectivity index (χ3v) is 2.77. The quantitative estimate of drug-likeness (QED) is 0.885. The first-order valence-corrected chi connectivity index (χ1v) is 5.45. The Morgan fingerprint density at radius 1 is 1.29 bits per heavy atom. The molecule has 1 fully saturated rings. The van der Waals surface area contributed by atoms with Crippen LogP contribution in [0.5, 0.6) is 5.75 Å². The largest absolute Gasteiger partial charge is 0.490 e. The minimum absolute atomic E-state index is 0.0856. The highest BCUT2D eigenvalue weighted by molar-refractivity contribution is 5.35. The average Bonchev–Trinajstić information content (AvgIpc) is 3.08. The van der Waals surface area contributed by atoms with Crippen LogP contribution in [0.1, 0.15) is 18.4 Å². The Bertz CT molecular complexity index is 386. The molecule has 0 aromatic heterocycles. The maximum atomic E-state index is 12.6. The van der Waals surface area contributed by atoms with Gasteiger partial charge < -0.3 is 9.84 Å². The van der Waals surface area contributed by atoms with E-state index in [1.807, 2.05) is 0 Å². The van der Waals surface area contributed by atoms with Crippen molar-refractivity contribution in [1.29, 1.82) is 0 Å². The molecule has 1 aliphatic carbocycles. The van der Waals surface area contributed by atoms with Gasteiger partial charge in [0.25, 0.3) is 0 Å². The fraction of sp³-hybridized carbons (Fsp3) is 0.500. The number of aliphatic hydroxyl groups is 1. The predicted octanol–water partition coefficient (Wildman–Crippen LogP) is 2.86. The zero-order chi connectivity index (χ0) is 12.5. The van der Waals surface area contributed by atoms with Crippen molar-refractivity contribution in [3.05, 3.63) is 29.8 Å². The Kier molecular flexibility index (Phi) is 3.28. The Hall–Kier alpha value is -1.23. The molecule has 0 saturated heterocycles. The van der Waals surface area contributed by atoms with Gasteiger partial charge in [-0.1, -0.05) is 12.1 Å². The van der Waals surface area contributed by atoms with Crippen molar-refractivity contribution in [2.45, 2.75) is 25.1 Å². The van der Waals surface area contributed by atoms with Crippen molar-refractivity contribution < 1.29 is 23.0 Å². The average molecular weight is 246 g/mol. The van der Waals surface area contributed by atoms with Crippen molar-refractivity contribution in [1.82, 2.24) is 0 Å². The summed E-state index contributed by atoms with van der Waals surface area (Å²) in [6, 6.07) is 5.03. The number of benzene rings is 1. The SMILES string of the molecule is OC(COc1ccccc1C(F)(F)F)C1CC1. The zero-order valence-corrected chi connectivity index (χ0v) is 9.07. The van der Waals surface area contributed by atoms with Crippen LogP contribution < -0.4 is 4.74 Å². The summed E-state index contributed by atoms with van der Waals surface area (Å²) in [6.07, 6.45) is -3.26. The van der Waals surface area contributed by atoms with E-state index in [0.29, 0.717) is 0 Å². The molecule has 1 unspecified atom stereocenters. The van der Waals surface area contributed by atoms with Gasteiger partial charge in [0.05, 0.1) is 11.7 Å². The van der Waals surface area contributed by atoms with E-state index in [-0.39, 0.29) is 18.3 Å². The van der Waals surface area contributed by atoms with Gasteiger partial charge in [0.15, 0.2) is 0 Å². The lowest BCUT2D eigenvalue weighted by Crippen LogP contribution is -2.20. The first-order chi connectivity index (χ1) is 7.98. The van der Waals surface area contributed by atoms with Crippen LogP contribution in [-0.2, 0) is 6.18 Å². The van der Waals surface area contributed by atoms with Crippen LogP contribution in [0.15, 0.2) is 24.3 Å². The number of alkyl halides is 3. The van der Waals surface area contributed by atoms with E-state index in [2.05, 4.69) is 0 Å². The molecule has 0 spiro atoms. The van der Waals surface area contributed by atoms with Crippen molar-refractivity contribution in [3.63, 3.8) is 0 Å². The predicted molar refractivity (Wildman–Crippen MR) is 55.7 cm³/mol. The highest BCUT2D eigenvalue weighted by Crippen LogP contribution is 2.37.